The number of carboxylic acids is 1. The molecule has 0 atom stereocenters. The Morgan fingerprint density at radius 1 is 1.38 bits per heavy atom. The Morgan fingerprint density at radius 3 is 2.92 bits per heavy atom. The summed E-state index contributed by atoms with van der Waals surface area (Å²) in [5.74, 6) is -1.22. The van der Waals surface area contributed by atoms with Crippen molar-refractivity contribution < 1.29 is 14.7 Å². The number of carboxylic acid groups (broad SMARTS) is 1. The van der Waals surface area contributed by atoms with Gasteiger partial charge in [-0.25, -0.2) is 9.78 Å². The molecular formula is C18H16N4O4. The number of hydrogen-bond acceptors (Lipinski definition) is 4. The first kappa shape index (κ1) is 16.1. The molecule has 1 aromatic carbocycles. The van der Waals surface area contributed by atoms with Crippen molar-refractivity contribution in [3.8, 4) is 11.3 Å². The summed E-state index contributed by atoms with van der Waals surface area (Å²) in [5, 5.41) is 11.9. The molecule has 0 bridgehead atoms. The van der Waals surface area contributed by atoms with Gasteiger partial charge in [0.25, 0.3) is 5.56 Å². The predicted molar refractivity (Wildman–Crippen MR) is 93.4 cm³/mol. The number of imidazole rings is 1. The highest BCUT2D eigenvalue weighted by Crippen LogP contribution is 2.35. The van der Waals surface area contributed by atoms with Crippen molar-refractivity contribution in [2.75, 3.05) is 6.54 Å². The van der Waals surface area contributed by atoms with Gasteiger partial charge in [-0.15, -0.1) is 0 Å². The summed E-state index contributed by atoms with van der Waals surface area (Å²) in [6.45, 7) is 2.45. The van der Waals surface area contributed by atoms with E-state index in [0.29, 0.717) is 18.7 Å². The number of hydrogen-bond donors (Lipinski definition) is 3. The smallest absolute Gasteiger partial charge is 0.356 e. The minimum Gasteiger partial charge on any atom is -0.476 e. The normalized spacial score (nSPS) is 12.0. The maximum Gasteiger partial charge on any atom is 0.356 e. The van der Waals surface area contributed by atoms with E-state index in [1.54, 1.807) is 4.40 Å². The van der Waals surface area contributed by atoms with Gasteiger partial charge in [0.05, 0.1) is 17.8 Å². The van der Waals surface area contributed by atoms with Crippen molar-refractivity contribution in [2.24, 2.45) is 0 Å². The van der Waals surface area contributed by atoms with Gasteiger partial charge < -0.3 is 15.4 Å². The van der Waals surface area contributed by atoms with Gasteiger partial charge in [0.2, 0.25) is 11.6 Å². The summed E-state index contributed by atoms with van der Waals surface area (Å²) >= 11 is 0. The van der Waals surface area contributed by atoms with E-state index >= 15 is 0 Å². The summed E-state index contributed by atoms with van der Waals surface area (Å²) in [6.07, 6.45) is 2.18. The van der Waals surface area contributed by atoms with Gasteiger partial charge in [-0.3, -0.25) is 14.0 Å². The highest BCUT2D eigenvalue weighted by atomic mass is 16.4. The number of likely N-dealkylation sites (N-methyl/N-ethyl adjacent to an activating group) is 1. The second-order valence-corrected chi connectivity index (χ2v) is 6.20. The number of carbonyl (C=O) groups is 2. The molecule has 0 radical (unpaired) electrons. The number of nitrogens with one attached hydrogen (secondary N) is 2. The highest BCUT2D eigenvalue weighted by Gasteiger charge is 2.25. The van der Waals surface area contributed by atoms with E-state index in [9.17, 15) is 14.4 Å². The van der Waals surface area contributed by atoms with Crippen LogP contribution in [0.3, 0.4) is 0 Å². The van der Waals surface area contributed by atoms with E-state index < -0.39 is 11.5 Å². The number of rotatable bonds is 4. The maximum atomic E-state index is 12.3. The SMILES string of the molecule is CCNC(=O)Cc1ccc2c(c1)Cc1c-2[nH]c(=O)c2nc(C(=O)O)cn12. The second kappa shape index (κ2) is 5.83. The lowest BCUT2D eigenvalue weighted by Gasteiger charge is -2.05. The molecule has 1 aliphatic carbocycles. The average Bonchev–Trinajstić information content (AvgIpc) is 3.17. The zero-order valence-electron chi connectivity index (χ0n) is 14.0. The summed E-state index contributed by atoms with van der Waals surface area (Å²) in [7, 11) is 0. The zero-order chi connectivity index (χ0) is 18.4. The number of nitrogens with zero attached hydrogens (tertiary/aromatic N) is 2. The molecule has 8 heteroatoms. The fourth-order valence-electron chi connectivity index (χ4n) is 3.38. The van der Waals surface area contributed by atoms with Gasteiger partial charge in [-0.05, 0) is 18.1 Å². The average molecular weight is 352 g/mol. The van der Waals surface area contributed by atoms with Crippen LogP contribution in [0.15, 0.2) is 29.2 Å². The quantitative estimate of drug-likeness (QED) is 0.506. The number of H-pyrrole nitrogens is 1. The van der Waals surface area contributed by atoms with Crippen LogP contribution in [0.25, 0.3) is 16.9 Å². The molecule has 0 saturated heterocycles. The number of fused-ring (bicyclic) bond motifs is 5. The van der Waals surface area contributed by atoms with Crippen molar-refractivity contribution in [2.45, 2.75) is 19.8 Å². The highest BCUT2D eigenvalue weighted by molar-refractivity contribution is 5.86. The van der Waals surface area contributed by atoms with Crippen molar-refractivity contribution in [1.29, 1.82) is 0 Å². The first-order valence-corrected chi connectivity index (χ1v) is 8.24. The van der Waals surface area contributed by atoms with Crippen molar-refractivity contribution in [3.05, 3.63) is 57.3 Å². The Kier molecular flexibility index (Phi) is 3.61. The van der Waals surface area contributed by atoms with Crippen LogP contribution in [0.1, 0.15) is 34.2 Å². The summed E-state index contributed by atoms with van der Waals surface area (Å²) < 4.78 is 1.54. The van der Waals surface area contributed by atoms with Gasteiger partial charge in [-0.1, -0.05) is 18.2 Å². The van der Waals surface area contributed by atoms with E-state index in [2.05, 4.69) is 15.3 Å². The van der Waals surface area contributed by atoms with Crippen LogP contribution < -0.4 is 10.9 Å². The largest absolute Gasteiger partial charge is 0.476 e. The van der Waals surface area contributed by atoms with Crippen LogP contribution in [0.2, 0.25) is 0 Å². The third-order valence-corrected chi connectivity index (χ3v) is 4.48. The van der Waals surface area contributed by atoms with Crippen LogP contribution in [-0.4, -0.2) is 37.9 Å². The molecule has 1 amide bonds. The number of benzene rings is 1. The Bertz CT molecular complexity index is 1130. The number of aromatic nitrogens is 3. The Balaban J connectivity index is 1.78. The molecule has 2 aromatic heterocycles. The van der Waals surface area contributed by atoms with E-state index in [1.807, 2.05) is 25.1 Å². The predicted octanol–water partition coefficient (Wildman–Crippen LogP) is 0.971. The first-order chi connectivity index (χ1) is 12.5. The maximum absolute atomic E-state index is 12.3. The van der Waals surface area contributed by atoms with Crippen LogP contribution in [-0.2, 0) is 17.6 Å². The van der Waals surface area contributed by atoms with Gasteiger partial charge in [0, 0.05) is 24.7 Å². The molecule has 3 aromatic rings. The summed E-state index contributed by atoms with van der Waals surface area (Å²) in [4.78, 5) is 42.0. The van der Waals surface area contributed by atoms with Crippen LogP contribution >= 0.6 is 0 Å². The Hall–Kier alpha value is -3.42. The van der Waals surface area contributed by atoms with Crippen LogP contribution in [0, 0.1) is 0 Å². The van der Waals surface area contributed by atoms with Gasteiger partial charge in [0.1, 0.15) is 0 Å². The standard InChI is InChI=1S/C18H16N4O4/c1-2-19-14(23)6-9-3-4-11-10(5-9)7-13-15(11)21-17(24)16-20-12(18(25)26)8-22(13)16/h3-5,8H,2,6-7H2,1H3,(H,19,23)(H,21,24)(H,25,26). The third-order valence-electron chi connectivity index (χ3n) is 4.48. The second-order valence-electron chi connectivity index (χ2n) is 6.20. The number of aromatic carboxylic acids is 1. The fourth-order valence-corrected chi connectivity index (χ4v) is 3.38. The fraction of sp³-hybridized carbons (Fsp3) is 0.222. The van der Waals surface area contributed by atoms with Gasteiger partial charge >= 0.3 is 5.97 Å². The van der Waals surface area contributed by atoms with Gasteiger partial charge in [-0.2, -0.15) is 0 Å². The topological polar surface area (TPSA) is 117 Å². The lowest BCUT2D eigenvalue weighted by Crippen LogP contribution is -2.24. The lowest BCUT2D eigenvalue weighted by molar-refractivity contribution is -0.120. The Morgan fingerprint density at radius 2 is 2.19 bits per heavy atom. The minimum atomic E-state index is -1.18. The molecule has 0 spiro atoms. The van der Waals surface area contributed by atoms with Crippen LogP contribution in [0.4, 0.5) is 0 Å². The monoisotopic (exact) mass is 352 g/mol. The molecule has 0 fully saturated rings. The van der Waals surface area contributed by atoms with Crippen LogP contribution in [0.5, 0.6) is 0 Å². The summed E-state index contributed by atoms with van der Waals surface area (Å²) in [6, 6.07) is 5.69. The molecule has 1 aliphatic rings. The van der Waals surface area contributed by atoms with Gasteiger partial charge in [0.15, 0.2) is 5.69 Å². The molecule has 0 saturated carbocycles. The molecule has 4 rings (SSSR count). The van der Waals surface area contributed by atoms with Crippen molar-refractivity contribution in [3.63, 3.8) is 0 Å². The van der Waals surface area contributed by atoms with Crippen molar-refractivity contribution >= 4 is 17.5 Å². The molecule has 2 heterocycles. The molecule has 0 unspecified atom stereocenters. The molecular weight excluding hydrogens is 336 g/mol. The van der Waals surface area contributed by atoms with E-state index in [-0.39, 0.29) is 23.7 Å². The van der Waals surface area contributed by atoms with E-state index in [4.69, 9.17) is 5.11 Å². The number of amides is 1. The minimum absolute atomic E-state index is 0.0422. The third kappa shape index (κ3) is 2.46. The van der Waals surface area contributed by atoms with E-state index in [1.165, 1.54) is 6.20 Å². The molecule has 8 nitrogen and oxygen atoms in total. The first-order valence-electron chi connectivity index (χ1n) is 8.24. The molecule has 0 aliphatic heterocycles. The zero-order valence-corrected chi connectivity index (χ0v) is 14.0. The number of carbonyl (C=O) groups excluding carboxylic acids is 1. The van der Waals surface area contributed by atoms with Crippen molar-refractivity contribution in [1.82, 2.24) is 19.7 Å². The Labute approximate surface area is 147 Å². The van der Waals surface area contributed by atoms with E-state index in [0.717, 1.165) is 22.4 Å². The molecule has 3 N–H and O–H groups in total. The lowest BCUT2D eigenvalue weighted by atomic mass is 10.0. The number of aromatic amines is 1. The molecule has 132 valence electrons. The molecule has 26 heavy (non-hydrogen) atoms. The summed E-state index contributed by atoms with van der Waals surface area (Å²) in [5.41, 5.74) is 3.66.